The molecule has 2 unspecified atom stereocenters. The van der Waals surface area contributed by atoms with Crippen molar-refractivity contribution in [2.75, 3.05) is 13.2 Å². The summed E-state index contributed by atoms with van der Waals surface area (Å²) in [5.74, 6) is 1.68. The van der Waals surface area contributed by atoms with Gasteiger partial charge in [-0.2, -0.15) is 0 Å². The zero-order valence-electron chi connectivity index (χ0n) is 21.2. The van der Waals surface area contributed by atoms with Gasteiger partial charge in [0.15, 0.2) is 12.6 Å². The lowest BCUT2D eigenvalue weighted by atomic mass is 9.88. The topological polar surface area (TPSA) is 36.9 Å². The van der Waals surface area contributed by atoms with Gasteiger partial charge in [0, 0.05) is 12.8 Å². The molecule has 0 N–H and O–H groups in total. The van der Waals surface area contributed by atoms with Gasteiger partial charge in [-0.15, -0.1) is 0 Å². The fourth-order valence-corrected chi connectivity index (χ4v) is 5.02. The third-order valence-corrected chi connectivity index (χ3v) is 6.85. The molecule has 2 saturated heterocycles. The van der Waals surface area contributed by atoms with Crippen molar-refractivity contribution in [3.63, 3.8) is 0 Å². The van der Waals surface area contributed by atoms with Gasteiger partial charge < -0.3 is 18.9 Å². The van der Waals surface area contributed by atoms with Crippen LogP contribution >= 0.6 is 0 Å². The molecule has 0 spiro atoms. The van der Waals surface area contributed by atoms with Crippen LogP contribution in [0.3, 0.4) is 0 Å². The molecule has 4 heteroatoms. The molecular formula is C32H36O4. The van der Waals surface area contributed by atoms with Crippen molar-refractivity contribution in [2.45, 2.75) is 64.4 Å². The first-order valence-corrected chi connectivity index (χ1v) is 13.4. The maximum absolute atomic E-state index is 6.23. The molecule has 0 radical (unpaired) electrons. The predicted octanol–water partition coefficient (Wildman–Crippen LogP) is 7.87. The van der Waals surface area contributed by atoms with Gasteiger partial charge in [0.2, 0.25) is 0 Å². The summed E-state index contributed by atoms with van der Waals surface area (Å²) in [7, 11) is 0. The van der Waals surface area contributed by atoms with E-state index in [4.69, 9.17) is 18.9 Å². The van der Waals surface area contributed by atoms with Crippen LogP contribution in [-0.2, 0) is 9.47 Å². The second-order valence-electron chi connectivity index (χ2n) is 9.45. The average molecular weight is 485 g/mol. The minimum atomic E-state index is -0.167. The first-order valence-electron chi connectivity index (χ1n) is 13.4. The van der Waals surface area contributed by atoms with Crippen LogP contribution in [0.2, 0.25) is 0 Å². The van der Waals surface area contributed by atoms with Crippen LogP contribution in [0, 0.1) is 0 Å². The highest BCUT2D eigenvalue weighted by Gasteiger charge is 2.19. The van der Waals surface area contributed by atoms with Crippen LogP contribution < -0.4 is 9.47 Å². The molecule has 0 amide bonds. The lowest BCUT2D eigenvalue weighted by Crippen LogP contribution is -2.25. The van der Waals surface area contributed by atoms with Crippen molar-refractivity contribution >= 4 is 11.1 Å². The molecule has 2 heterocycles. The summed E-state index contributed by atoms with van der Waals surface area (Å²) >= 11 is 0. The Bertz CT molecular complexity index is 1120. The fourth-order valence-electron chi connectivity index (χ4n) is 5.02. The highest BCUT2D eigenvalue weighted by atomic mass is 16.7. The maximum atomic E-state index is 6.23. The minimum absolute atomic E-state index is 0.147. The van der Waals surface area contributed by atoms with E-state index in [0.717, 1.165) is 80.8 Å². The SMILES string of the molecule is CCC(=C(c1ccc(OC2CCCCO2)cc1)c1cccc(OC2CCCCO2)c1)c1ccccc1. The number of allylic oxidation sites excluding steroid dienone is 1. The van der Waals surface area contributed by atoms with Crippen LogP contribution in [0.5, 0.6) is 11.5 Å². The molecule has 0 saturated carbocycles. The largest absolute Gasteiger partial charge is 0.465 e. The van der Waals surface area contributed by atoms with Gasteiger partial charge in [-0.3, -0.25) is 0 Å². The summed E-state index contributed by atoms with van der Waals surface area (Å²) in [5.41, 5.74) is 6.02. The molecule has 0 aromatic heterocycles. The Morgan fingerprint density at radius 3 is 1.92 bits per heavy atom. The number of benzene rings is 3. The van der Waals surface area contributed by atoms with Gasteiger partial charge >= 0.3 is 0 Å². The van der Waals surface area contributed by atoms with Crippen LogP contribution in [0.15, 0.2) is 78.9 Å². The second kappa shape index (κ2) is 12.2. The van der Waals surface area contributed by atoms with Crippen LogP contribution in [0.25, 0.3) is 11.1 Å². The van der Waals surface area contributed by atoms with Crippen molar-refractivity contribution < 1.29 is 18.9 Å². The Balaban J connectivity index is 1.49. The van der Waals surface area contributed by atoms with Crippen molar-refractivity contribution in [3.8, 4) is 11.5 Å². The highest BCUT2D eigenvalue weighted by molar-refractivity contribution is 5.98. The standard InChI is InChI=1S/C32H36O4/c1-2-29(24-11-4-3-5-12-24)32(25-17-19-27(20-18-25)35-30-15-6-8-21-33-30)26-13-10-14-28(23-26)36-31-16-7-9-22-34-31/h3-5,10-14,17-20,23,30-31H,2,6-9,15-16,21-22H2,1H3. The van der Waals surface area contributed by atoms with Gasteiger partial charge in [0.1, 0.15) is 11.5 Å². The first kappa shape index (κ1) is 24.6. The highest BCUT2D eigenvalue weighted by Crippen LogP contribution is 2.36. The molecule has 2 aliphatic rings. The molecule has 0 bridgehead atoms. The summed E-state index contributed by atoms with van der Waals surface area (Å²) in [6, 6.07) is 27.5. The van der Waals surface area contributed by atoms with E-state index in [9.17, 15) is 0 Å². The summed E-state index contributed by atoms with van der Waals surface area (Å²) in [5, 5.41) is 0. The summed E-state index contributed by atoms with van der Waals surface area (Å²) in [6.45, 7) is 3.76. The molecule has 2 fully saturated rings. The monoisotopic (exact) mass is 484 g/mol. The maximum Gasteiger partial charge on any atom is 0.199 e. The van der Waals surface area contributed by atoms with Crippen LogP contribution in [0.4, 0.5) is 0 Å². The van der Waals surface area contributed by atoms with E-state index >= 15 is 0 Å². The smallest absolute Gasteiger partial charge is 0.199 e. The molecule has 2 aliphatic heterocycles. The Labute approximate surface area is 214 Å². The van der Waals surface area contributed by atoms with Gasteiger partial charge in [0.05, 0.1) is 13.2 Å². The van der Waals surface area contributed by atoms with E-state index in [1.54, 1.807) is 0 Å². The lowest BCUT2D eigenvalue weighted by molar-refractivity contribution is -0.106. The quantitative estimate of drug-likeness (QED) is 0.305. The van der Waals surface area contributed by atoms with Gasteiger partial charge in [0.25, 0.3) is 0 Å². The number of rotatable bonds is 8. The Morgan fingerprint density at radius 2 is 1.31 bits per heavy atom. The summed E-state index contributed by atoms with van der Waals surface area (Å²) in [4.78, 5) is 0. The van der Waals surface area contributed by atoms with Crippen molar-refractivity contribution in [3.05, 3.63) is 95.6 Å². The van der Waals surface area contributed by atoms with Gasteiger partial charge in [-0.05, 0) is 84.2 Å². The van der Waals surface area contributed by atoms with E-state index in [1.807, 2.05) is 6.07 Å². The molecule has 3 aromatic rings. The van der Waals surface area contributed by atoms with Gasteiger partial charge in [-0.1, -0.05) is 61.5 Å². The van der Waals surface area contributed by atoms with E-state index in [2.05, 4.69) is 79.7 Å². The average Bonchev–Trinajstić information content (AvgIpc) is 2.94. The molecule has 4 nitrogen and oxygen atoms in total. The molecule has 0 aliphatic carbocycles. The Morgan fingerprint density at radius 1 is 0.667 bits per heavy atom. The third kappa shape index (κ3) is 6.18. The molecule has 2 atom stereocenters. The minimum Gasteiger partial charge on any atom is -0.465 e. The molecule has 3 aromatic carbocycles. The summed E-state index contributed by atoms with van der Waals surface area (Å²) < 4.78 is 23.9. The molecule has 188 valence electrons. The predicted molar refractivity (Wildman–Crippen MR) is 144 cm³/mol. The fraction of sp³-hybridized carbons (Fsp3) is 0.375. The zero-order chi connectivity index (χ0) is 24.6. The normalized spacial score (nSPS) is 20.9. The van der Waals surface area contributed by atoms with E-state index in [-0.39, 0.29) is 12.6 Å². The zero-order valence-corrected chi connectivity index (χ0v) is 21.2. The van der Waals surface area contributed by atoms with Crippen molar-refractivity contribution in [2.24, 2.45) is 0 Å². The molecule has 36 heavy (non-hydrogen) atoms. The van der Waals surface area contributed by atoms with E-state index in [0.29, 0.717) is 0 Å². The van der Waals surface area contributed by atoms with Crippen LogP contribution in [0.1, 0.15) is 68.6 Å². The summed E-state index contributed by atoms with van der Waals surface area (Å²) in [6.07, 6.45) is 6.98. The second-order valence-corrected chi connectivity index (χ2v) is 9.45. The lowest BCUT2D eigenvalue weighted by Gasteiger charge is -2.24. The number of hydrogen-bond donors (Lipinski definition) is 0. The third-order valence-electron chi connectivity index (χ3n) is 6.85. The van der Waals surface area contributed by atoms with Crippen molar-refractivity contribution in [1.82, 2.24) is 0 Å². The number of ether oxygens (including phenoxy) is 4. The number of hydrogen-bond acceptors (Lipinski definition) is 4. The Kier molecular flexibility index (Phi) is 8.37. The van der Waals surface area contributed by atoms with E-state index < -0.39 is 0 Å². The Hall–Kier alpha value is -3.08. The molecule has 5 rings (SSSR count). The van der Waals surface area contributed by atoms with Crippen molar-refractivity contribution in [1.29, 1.82) is 0 Å². The van der Waals surface area contributed by atoms with E-state index in [1.165, 1.54) is 16.7 Å². The molecular weight excluding hydrogens is 448 g/mol. The van der Waals surface area contributed by atoms with Crippen LogP contribution in [-0.4, -0.2) is 25.8 Å². The van der Waals surface area contributed by atoms with Gasteiger partial charge in [-0.25, -0.2) is 0 Å². The first-order chi connectivity index (χ1) is 17.8.